The van der Waals surface area contributed by atoms with Crippen LogP contribution in [0.4, 0.5) is 0 Å². The lowest BCUT2D eigenvalue weighted by Crippen LogP contribution is -2.28. The van der Waals surface area contributed by atoms with Crippen LogP contribution in [0.25, 0.3) is 0 Å². The third kappa shape index (κ3) is 4.96. The van der Waals surface area contributed by atoms with E-state index in [1.54, 1.807) is 0 Å². The molecule has 1 aliphatic rings. The van der Waals surface area contributed by atoms with Crippen LogP contribution in [0.2, 0.25) is 0 Å². The molecular formula is C15H24N2O3. The highest BCUT2D eigenvalue weighted by Crippen LogP contribution is 2.17. The molecule has 2 heterocycles. The normalized spacial score (nSPS) is 19.2. The third-order valence-corrected chi connectivity index (χ3v) is 3.41. The molecule has 1 saturated heterocycles. The molecule has 0 spiro atoms. The van der Waals surface area contributed by atoms with Crippen molar-refractivity contribution in [1.29, 1.82) is 0 Å². The number of ether oxygens (including phenoxy) is 1. The van der Waals surface area contributed by atoms with Gasteiger partial charge in [-0.25, -0.2) is 0 Å². The zero-order valence-corrected chi connectivity index (χ0v) is 12.4. The van der Waals surface area contributed by atoms with E-state index in [4.69, 9.17) is 9.26 Å². The summed E-state index contributed by atoms with van der Waals surface area (Å²) >= 11 is 0. The number of carbonyl (C=O) groups excluding carboxylic acids is 1. The van der Waals surface area contributed by atoms with Gasteiger partial charge in [0.2, 0.25) is 5.91 Å². The molecule has 1 N–H and O–H groups in total. The van der Waals surface area contributed by atoms with Crippen LogP contribution < -0.4 is 5.32 Å². The number of amides is 1. The summed E-state index contributed by atoms with van der Waals surface area (Å²) in [7, 11) is 0. The largest absolute Gasteiger partial charge is 0.381 e. The quantitative estimate of drug-likeness (QED) is 0.868. The van der Waals surface area contributed by atoms with Gasteiger partial charge in [-0.1, -0.05) is 19.0 Å². The van der Waals surface area contributed by atoms with Crippen LogP contribution in [0.15, 0.2) is 10.6 Å². The van der Waals surface area contributed by atoms with Gasteiger partial charge in [0.15, 0.2) is 5.76 Å². The zero-order chi connectivity index (χ0) is 14.4. The van der Waals surface area contributed by atoms with Crippen molar-refractivity contribution in [2.75, 3.05) is 13.2 Å². The van der Waals surface area contributed by atoms with E-state index in [0.29, 0.717) is 37.2 Å². The van der Waals surface area contributed by atoms with Crippen molar-refractivity contribution in [3.63, 3.8) is 0 Å². The SMILES string of the molecule is CC(C)Cc1cc(CNC(=O)CC2CCCOC2)on1. The van der Waals surface area contributed by atoms with Crippen molar-refractivity contribution in [1.82, 2.24) is 10.5 Å². The average Bonchev–Trinajstić information content (AvgIpc) is 2.84. The maximum absolute atomic E-state index is 11.8. The van der Waals surface area contributed by atoms with E-state index >= 15 is 0 Å². The Hall–Kier alpha value is -1.36. The van der Waals surface area contributed by atoms with Crippen molar-refractivity contribution in [3.05, 3.63) is 17.5 Å². The Morgan fingerprint density at radius 3 is 3.10 bits per heavy atom. The lowest BCUT2D eigenvalue weighted by molar-refractivity contribution is -0.123. The van der Waals surface area contributed by atoms with Crippen LogP contribution >= 0.6 is 0 Å². The fourth-order valence-electron chi connectivity index (χ4n) is 2.44. The Kier molecular flexibility index (Phi) is 5.59. The highest BCUT2D eigenvalue weighted by molar-refractivity contribution is 5.76. The summed E-state index contributed by atoms with van der Waals surface area (Å²) < 4.78 is 10.6. The average molecular weight is 280 g/mol. The van der Waals surface area contributed by atoms with Gasteiger partial charge in [-0.3, -0.25) is 4.79 Å². The molecule has 1 aliphatic heterocycles. The van der Waals surface area contributed by atoms with Gasteiger partial charge in [-0.15, -0.1) is 0 Å². The standard InChI is InChI=1S/C15H24N2O3/c1-11(2)6-13-8-14(20-17-13)9-16-15(18)7-12-4-3-5-19-10-12/h8,11-12H,3-7,9-10H2,1-2H3,(H,16,18). The minimum Gasteiger partial charge on any atom is -0.381 e. The van der Waals surface area contributed by atoms with Crippen LogP contribution in [0, 0.1) is 11.8 Å². The van der Waals surface area contributed by atoms with Gasteiger partial charge < -0.3 is 14.6 Å². The van der Waals surface area contributed by atoms with Crippen molar-refractivity contribution >= 4 is 5.91 Å². The molecule has 1 fully saturated rings. The van der Waals surface area contributed by atoms with Gasteiger partial charge in [0.25, 0.3) is 0 Å². The first kappa shape index (κ1) is 15.0. The lowest BCUT2D eigenvalue weighted by atomic mass is 9.98. The number of carbonyl (C=O) groups is 1. The number of hydrogen-bond acceptors (Lipinski definition) is 4. The number of aromatic nitrogens is 1. The van der Waals surface area contributed by atoms with Crippen LogP contribution in [-0.2, 0) is 22.5 Å². The van der Waals surface area contributed by atoms with E-state index in [-0.39, 0.29) is 5.91 Å². The molecular weight excluding hydrogens is 256 g/mol. The molecule has 0 bridgehead atoms. The molecule has 1 amide bonds. The van der Waals surface area contributed by atoms with Crippen molar-refractivity contribution < 1.29 is 14.1 Å². The van der Waals surface area contributed by atoms with E-state index in [9.17, 15) is 4.79 Å². The second-order valence-corrected chi connectivity index (χ2v) is 5.95. The molecule has 112 valence electrons. The van der Waals surface area contributed by atoms with Crippen molar-refractivity contribution in [2.45, 2.75) is 46.1 Å². The van der Waals surface area contributed by atoms with Crippen molar-refractivity contribution in [2.24, 2.45) is 11.8 Å². The minimum atomic E-state index is 0.0577. The maximum atomic E-state index is 11.8. The first-order valence-corrected chi connectivity index (χ1v) is 7.42. The monoisotopic (exact) mass is 280 g/mol. The fraction of sp³-hybridized carbons (Fsp3) is 0.733. The lowest BCUT2D eigenvalue weighted by Gasteiger charge is -2.21. The third-order valence-electron chi connectivity index (χ3n) is 3.41. The highest BCUT2D eigenvalue weighted by atomic mass is 16.5. The molecule has 1 aromatic heterocycles. The van der Waals surface area contributed by atoms with Crippen LogP contribution in [0.1, 0.15) is 44.6 Å². The zero-order valence-electron chi connectivity index (χ0n) is 12.4. The van der Waals surface area contributed by atoms with E-state index in [0.717, 1.165) is 31.6 Å². The van der Waals surface area contributed by atoms with Gasteiger partial charge in [0, 0.05) is 25.7 Å². The number of hydrogen-bond donors (Lipinski definition) is 1. The number of nitrogens with one attached hydrogen (secondary N) is 1. The Balaban J connectivity index is 1.71. The van der Waals surface area contributed by atoms with Gasteiger partial charge in [-0.05, 0) is 31.1 Å². The molecule has 1 aromatic rings. The van der Waals surface area contributed by atoms with E-state index in [1.165, 1.54) is 0 Å². The smallest absolute Gasteiger partial charge is 0.220 e. The molecule has 0 aliphatic carbocycles. The maximum Gasteiger partial charge on any atom is 0.220 e. The van der Waals surface area contributed by atoms with Crippen molar-refractivity contribution in [3.8, 4) is 0 Å². The van der Waals surface area contributed by atoms with Gasteiger partial charge in [0.05, 0.1) is 12.2 Å². The van der Waals surface area contributed by atoms with Crippen LogP contribution in [0.5, 0.6) is 0 Å². The molecule has 0 radical (unpaired) electrons. The summed E-state index contributed by atoms with van der Waals surface area (Å²) in [5, 5.41) is 6.89. The van der Waals surface area contributed by atoms with Crippen LogP contribution in [-0.4, -0.2) is 24.3 Å². The summed E-state index contributed by atoms with van der Waals surface area (Å²) in [6.45, 7) is 6.23. The first-order valence-electron chi connectivity index (χ1n) is 7.42. The van der Waals surface area contributed by atoms with E-state index in [1.807, 2.05) is 6.07 Å². The molecule has 5 heteroatoms. The molecule has 0 aromatic carbocycles. The number of nitrogens with zero attached hydrogens (tertiary/aromatic N) is 1. The second-order valence-electron chi connectivity index (χ2n) is 5.95. The first-order chi connectivity index (χ1) is 9.63. The molecule has 20 heavy (non-hydrogen) atoms. The van der Waals surface area contributed by atoms with Gasteiger partial charge in [-0.2, -0.15) is 0 Å². The summed E-state index contributed by atoms with van der Waals surface area (Å²) in [6.07, 6.45) is 3.57. The minimum absolute atomic E-state index is 0.0577. The highest BCUT2D eigenvalue weighted by Gasteiger charge is 2.17. The van der Waals surface area contributed by atoms with E-state index < -0.39 is 0 Å². The molecule has 1 atom stereocenters. The topological polar surface area (TPSA) is 64.4 Å². The fourth-order valence-corrected chi connectivity index (χ4v) is 2.44. The summed E-state index contributed by atoms with van der Waals surface area (Å²) in [4.78, 5) is 11.8. The summed E-state index contributed by atoms with van der Waals surface area (Å²) in [5.74, 6) is 1.68. The molecule has 2 rings (SSSR count). The second kappa shape index (κ2) is 7.43. The van der Waals surface area contributed by atoms with E-state index in [2.05, 4.69) is 24.3 Å². The Morgan fingerprint density at radius 2 is 2.40 bits per heavy atom. The molecule has 1 unspecified atom stereocenters. The van der Waals surface area contributed by atoms with Crippen LogP contribution in [0.3, 0.4) is 0 Å². The predicted molar refractivity (Wildman–Crippen MR) is 75.1 cm³/mol. The van der Waals surface area contributed by atoms with Gasteiger partial charge >= 0.3 is 0 Å². The Bertz CT molecular complexity index is 423. The summed E-state index contributed by atoms with van der Waals surface area (Å²) in [6, 6.07) is 1.92. The molecule has 5 nitrogen and oxygen atoms in total. The predicted octanol–water partition coefficient (Wildman–Crippen LogP) is 2.31. The Morgan fingerprint density at radius 1 is 1.55 bits per heavy atom. The Labute approximate surface area is 120 Å². The summed E-state index contributed by atoms with van der Waals surface area (Å²) in [5.41, 5.74) is 0.949. The number of rotatable bonds is 6. The van der Waals surface area contributed by atoms with Gasteiger partial charge in [0.1, 0.15) is 0 Å². The molecule has 0 saturated carbocycles.